The lowest BCUT2D eigenvalue weighted by Crippen LogP contribution is -2.29. The van der Waals surface area contributed by atoms with Crippen molar-refractivity contribution in [3.8, 4) is 34.3 Å². The number of rotatable bonds is 9. The first-order valence-corrected chi connectivity index (χ1v) is 14.4. The van der Waals surface area contributed by atoms with Gasteiger partial charge in [-0.2, -0.15) is 5.10 Å². The van der Waals surface area contributed by atoms with Crippen LogP contribution >= 0.6 is 0 Å². The maximum absolute atomic E-state index is 13.6. The topological polar surface area (TPSA) is 115 Å². The number of aromatic nitrogens is 4. The van der Waals surface area contributed by atoms with Crippen molar-refractivity contribution in [2.24, 2.45) is 0 Å². The van der Waals surface area contributed by atoms with Gasteiger partial charge in [0.25, 0.3) is 0 Å². The molecule has 6 rings (SSSR count). The van der Waals surface area contributed by atoms with Gasteiger partial charge in [0.05, 0.1) is 25.8 Å². The predicted octanol–water partition coefficient (Wildman–Crippen LogP) is 5.75. The molecule has 2 aromatic carbocycles. The molecule has 0 N–H and O–H groups in total. The van der Waals surface area contributed by atoms with Crippen LogP contribution in [0.1, 0.15) is 40.5 Å². The summed E-state index contributed by atoms with van der Waals surface area (Å²) in [5, 5.41) is 5.28. The van der Waals surface area contributed by atoms with Gasteiger partial charge in [0, 0.05) is 61.3 Å². The number of nitrogens with zero attached hydrogens (tertiary/aromatic N) is 4. The molecule has 3 aromatic heterocycles. The standard InChI is InChI=1S/C34H32N4O6/c1-21-4-7-23(8-5-21)26-20-38(24-11-14-43-15-12-24)37-33(34(26)40)28(39)16-22-6-9-32(36-19-22)44-29-10-13-35-27-18-31(42-3)30(41-2)17-25(27)29/h4-10,13,17-20,24H,11-12,14-16H2,1-3H3. The van der Waals surface area contributed by atoms with Crippen molar-refractivity contribution in [1.29, 1.82) is 0 Å². The van der Waals surface area contributed by atoms with Crippen LogP contribution < -0.4 is 19.6 Å². The average molecular weight is 593 g/mol. The fourth-order valence-electron chi connectivity index (χ4n) is 5.26. The molecule has 0 unspecified atom stereocenters. The summed E-state index contributed by atoms with van der Waals surface area (Å²) in [6.07, 6.45) is 6.46. The van der Waals surface area contributed by atoms with Gasteiger partial charge < -0.3 is 18.9 Å². The Bertz CT molecular complexity index is 1860. The summed E-state index contributed by atoms with van der Waals surface area (Å²) in [6, 6.07) is 16.5. The van der Waals surface area contributed by atoms with E-state index < -0.39 is 0 Å². The highest BCUT2D eigenvalue weighted by Gasteiger charge is 2.23. The van der Waals surface area contributed by atoms with Crippen molar-refractivity contribution >= 4 is 16.7 Å². The number of aryl methyl sites for hydroxylation is 1. The van der Waals surface area contributed by atoms with Crippen molar-refractivity contribution in [3.63, 3.8) is 0 Å². The van der Waals surface area contributed by atoms with Gasteiger partial charge in [-0.25, -0.2) is 4.98 Å². The minimum Gasteiger partial charge on any atom is -0.493 e. The summed E-state index contributed by atoms with van der Waals surface area (Å²) in [5.41, 5.74) is 3.13. The third-order valence-electron chi connectivity index (χ3n) is 7.71. The summed E-state index contributed by atoms with van der Waals surface area (Å²) in [4.78, 5) is 36.0. The zero-order valence-corrected chi connectivity index (χ0v) is 24.8. The second-order valence-electron chi connectivity index (χ2n) is 10.7. The molecule has 224 valence electrons. The highest BCUT2D eigenvalue weighted by molar-refractivity contribution is 5.96. The Morgan fingerprint density at radius 1 is 0.955 bits per heavy atom. The third-order valence-corrected chi connectivity index (χ3v) is 7.71. The van der Waals surface area contributed by atoms with Crippen LogP contribution in [0.4, 0.5) is 0 Å². The lowest BCUT2D eigenvalue weighted by atomic mass is 10.0. The van der Waals surface area contributed by atoms with Crippen LogP contribution in [-0.4, -0.2) is 53.0 Å². The third kappa shape index (κ3) is 6.02. The summed E-state index contributed by atoms with van der Waals surface area (Å²) in [7, 11) is 3.13. The monoisotopic (exact) mass is 592 g/mol. The van der Waals surface area contributed by atoms with E-state index in [0.29, 0.717) is 53.0 Å². The van der Waals surface area contributed by atoms with Gasteiger partial charge in [-0.1, -0.05) is 35.9 Å². The number of ether oxygens (including phenoxy) is 4. The van der Waals surface area contributed by atoms with E-state index in [2.05, 4.69) is 15.1 Å². The smallest absolute Gasteiger partial charge is 0.219 e. The van der Waals surface area contributed by atoms with Crippen molar-refractivity contribution < 1.29 is 23.7 Å². The number of fused-ring (bicyclic) bond motifs is 1. The maximum Gasteiger partial charge on any atom is 0.219 e. The summed E-state index contributed by atoms with van der Waals surface area (Å²) < 4.78 is 24.2. The molecular formula is C34H32N4O6. The average Bonchev–Trinajstić information content (AvgIpc) is 3.06. The number of Topliss-reactive ketones (excluding diaryl/α,β-unsaturated/α-hetero) is 1. The molecule has 0 saturated carbocycles. The molecule has 0 spiro atoms. The largest absolute Gasteiger partial charge is 0.493 e. The van der Waals surface area contributed by atoms with E-state index >= 15 is 0 Å². The van der Waals surface area contributed by atoms with Crippen molar-refractivity contribution in [1.82, 2.24) is 19.7 Å². The Balaban J connectivity index is 1.26. The minimum atomic E-state index is -0.383. The summed E-state index contributed by atoms with van der Waals surface area (Å²) in [5.74, 6) is 1.62. The molecule has 10 nitrogen and oxygen atoms in total. The second kappa shape index (κ2) is 12.6. The van der Waals surface area contributed by atoms with Crippen LogP contribution in [0.15, 0.2) is 78.0 Å². The van der Waals surface area contributed by atoms with Crippen molar-refractivity contribution in [3.05, 3.63) is 100 Å². The molecule has 4 heterocycles. The molecule has 0 bridgehead atoms. The van der Waals surface area contributed by atoms with Crippen LogP contribution in [0.5, 0.6) is 23.1 Å². The Hall–Kier alpha value is -5.09. The minimum absolute atomic E-state index is 0.0319. The fourth-order valence-corrected chi connectivity index (χ4v) is 5.26. The summed E-state index contributed by atoms with van der Waals surface area (Å²) >= 11 is 0. The Labute approximate surface area is 254 Å². The fraction of sp³-hybridized carbons (Fsp3) is 0.265. The van der Waals surface area contributed by atoms with Gasteiger partial charge in [-0.05, 0) is 43.0 Å². The van der Waals surface area contributed by atoms with Gasteiger partial charge in [0.2, 0.25) is 11.3 Å². The predicted molar refractivity (Wildman–Crippen MR) is 165 cm³/mol. The molecule has 1 aliphatic heterocycles. The molecule has 1 aliphatic rings. The lowest BCUT2D eigenvalue weighted by molar-refractivity contribution is 0.0655. The Kier molecular flexibility index (Phi) is 8.33. The zero-order valence-electron chi connectivity index (χ0n) is 24.8. The van der Waals surface area contributed by atoms with Crippen molar-refractivity contribution in [2.45, 2.75) is 32.2 Å². The molecule has 44 heavy (non-hydrogen) atoms. The van der Waals surface area contributed by atoms with Crippen LogP contribution in [0, 0.1) is 6.92 Å². The molecule has 0 atom stereocenters. The number of ketones is 1. The first-order valence-electron chi connectivity index (χ1n) is 14.4. The van der Waals surface area contributed by atoms with Gasteiger partial charge in [-0.3, -0.25) is 19.3 Å². The first-order chi connectivity index (χ1) is 21.4. The normalized spacial score (nSPS) is 13.5. The Morgan fingerprint density at radius 2 is 1.70 bits per heavy atom. The number of hydrogen-bond acceptors (Lipinski definition) is 9. The first kappa shape index (κ1) is 29.0. The molecule has 1 saturated heterocycles. The molecule has 5 aromatic rings. The van der Waals surface area contributed by atoms with Gasteiger partial charge >= 0.3 is 0 Å². The quantitative estimate of drug-likeness (QED) is 0.197. The van der Waals surface area contributed by atoms with E-state index in [4.69, 9.17) is 18.9 Å². The summed E-state index contributed by atoms with van der Waals surface area (Å²) in [6.45, 7) is 3.21. The highest BCUT2D eigenvalue weighted by Crippen LogP contribution is 2.36. The lowest BCUT2D eigenvalue weighted by Gasteiger charge is -2.24. The SMILES string of the molecule is COc1cc2nccc(Oc3ccc(CC(=O)c4nn(C5CCOCC5)cc(-c5ccc(C)cc5)c4=O)cn3)c2cc1OC. The van der Waals surface area contributed by atoms with E-state index in [-0.39, 0.29) is 29.4 Å². The Morgan fingerprint density at radius 3 is 2.41 bits per heavy atom. The van der Waals surface area contributed by atoms with Gasteiger partial charge in [0.1, 0.15) is 5.75 Å². The number of pyridine rings is 2. The van der Waals surface area contributed by atoms with Gasteiger partial charge in [-0.15, -0.1) is 0 Å². The second-order valence-corrected chi connectivity index (χ2v) is 10.7. The van der Waals surface area contributed by atoms with Gasteiger partial charge in [0.15, 0.2) is 23.0 Å². The number of methoxy groups -OCH3 is 2. The molecule has 10 heteroatoms. The molecule has 1 fully saturated rings. The van der Waals surface area contributed by atoms with E-state index in [1.807, 2.05) is 31.2 Å². The van der Waals surface area contributed by atoms with E-state index in [0.717, 1.165) is 29.4 Å². The maximum atomic E-state index is 13.6. The number of hydrogen-bond donors (Lipinski definition) is 0. The number of carbonyl (C=O) groups excluding carboxylic acids is 1. The van der Waals surface area contributed by atoms with E-state index in [9.17, 15) is 9.59 Å². The molecule has 0 aliphatic carbocycles. The van der Waals surface area contributed by atoms with E-state index in [1.54, 1.807) is 67.8 Å². The molecule has 0 radical (unpaired) electrons. The van der Waals surface area contributed by atoms with Crippen LogP contribution in [0.2, 0.25) is 0 Å². The van der Waals surface area contributed by atoms with Crippen LogP contribution in [-0.2, 0) is 11.2 Å². The zero-order chi connectivity index (χ0) is 30.6. The molecule has 0 amide bonds. The highest BCUT2D eigenvalue weighted by atomic mass is 16.5. The van der Waals surface area contributed by atoms with Crippen LogP contribution in [0.3, 0.4) is 0 Å². The molecular weight excluding hydrogens is 560 g/mol. The van der Waals surface area contributed by atoms with Crippen molar-refractivity contribution in [2.75, 3.05) is 27.4 Å². The number of benzene rings is 2. The number of carbonyl (C=O) groups is 1. The van der Waals surface area contributed by atoms with E-state index in [1.165, 1.54) is 0 Å². The van der Waals surface area contributed by atoms with Crippen LogP contribution in [0.25, 0.3) is 22.0 Å².